The molecule has 0 aliphatic carbocycles. The van der Waals surface area contributed by atoms with Gasteiger partial charge in [0.1, 0.15) is 12.4 Å². The largest absolute Gasteiger partial charge is 0.508 e. The van der Waals surface area contributed by atoms with Gasteiger partial charge < -0.3 is 20.9 Å². The Labute approximate surface area is 81.5 Å². The fourth-order valence-electron chi connectivity index (χ4n) is 0.981. The molecule has 14 heavy (non-hydrogen) atoms. The second-order valence-electron chi connectivity index (χ2n) is 2.75. The van der Waals surface area contributed by atoms with Crippen molar-refractivity contribution in [3.05, 3.63) is 18.2 Å². The van der Waals surface area contributed by atoms with Gasteiger partial charge in [-0.25, -0.2) is 0 Å². The van der Waals surface area contributed by atoms with Gasteiger partial charge in [-0.1, -0.05) is 0 Å². The van der Waals surface area contributed by atoms with Gasteiger partial charge in [-0.15, -0.1) is 0 Å². The topological polar surface area (TPSA) is 84.6 Å². The second kappa shape index (κ2) is 4.48. The van der Waals surface area contributed by atoms with Crippen LogP contribution in [0.15, 0.2) is 18.2 Å². The lowest BCUT2D eigenvalue weighted by Crippen LogP contribution is -2.17. The van der Waals surface area contributed by atoms with Crippen LogP contribution >= 0.6 is 0 Å². The van der Waals surface area contributed by atoms with E-state index in [4.69, 9.17) is 10.8 Å². The minimum atomic E-state index is -0.287. The van der Waals surface area contributed by atoms with Crippen LogP contribution in [0, 0.1) is 0 Å². The normalized spacial score (nSPS) is 9.79. The molecule has 0 saturated carbocycles. The van der Waals surface area contributed by atoms with Crippen LogP contribution in [0.1, 0.15) is 0 Å². The number of carbonyl (C=O) groups excluding carboxylic acids is 1. The van der Waals surface area contributed by atoms with Gasteiger partial charge in [0.05, 0.1) is 11.4 Å². The molecule has 5 heteroatoms. The molecule has 1 amide bonds. The highest BCUT2D eigenvalue weighted by Crippen LogP contribution is 2.22. The Morgan fingerprint density at radius 1 is 1.64 bits per heavy atom. The molecule has 0 aliphatic heterocycles. The van der Waals surface area contributed by atoms with Crippen molar-refractivity contribution < 1.29 is 14.6 Å². The number of amides is 1. The fraction of sp³-hybridized carbons (Fsp3) is 0.222. The molecule has 0 spiro atoms. The van der Waals surface area contributed by atoms with Gasteiger partial charge in [-0.05, 0) is 12.1 Å². The van der Waals surface area contributed by atoms with Crippen molar-refractivity contribution in [3.63, 3.8) is 0 Å². The second-order valence-corrected chi connectivity index (χ2v) is 2.75. The standard InChI is InChI=1S/C9H12N2O3/c1-14-5-9(13)11-8-3-2-6(12)4-7(8)10/h2-4,12H,5,10H2,1H3,(H,11,13). The van der Waals surface area contributed by atoms with E-state index in [1.165, 1.54) is 25.3 Å². The molecule has 76 valence electrons. The van der Waals surface area contributed by atoms with Crippen LogP contribution in [0.4, 0.5) is 11.4 Å². The van der Waals surface area contributed by atoms with Crippen LogP contribution in [0.25, 0.3) is 0 Å². The van der Waals surface area contributed by atoms with Crippen LogP contribution in [-0.2, 0) is 9.53 Å². The third kappa shape index (κ3) is 2.63. The zero-order valence-electron chi connectivity index (χ0n) is 7.78. The molecule has 0 unspecified atom stereocenters. The lowest BCUT2D eigenvalue weighted by molar-refractivity contribution is -0.119. The minimum Gasteiger partial charge on any atom is -0.508 e. The van der Waals surface area contributed by atoms with E-state index in [0.29, 0.717) is 11.4 Å². The zero-order chi connectivity index (χ0) is 10.6. The molecule has 0 fully saturated rings. The Morgan fingerprint density at radius 3 is 2.93 bits per heavy atom. The first kappa shape index (κ1) is 10.3. The summed E-state index contributed by atoms with van der Waals surface area (Å²) in [6.07, 6.45) is 0. The summed E-state index contributed by atoms with van der Waals surface area (Å²) in [6.45, 7) is -0.0275. The first-order valence-corrected chi connectivity index (χ1v) is 4.00. The lowest BCUT2D eigenvalue weighted by Gasteiger charge is -2.07. The van der Waals surface area contributed by atoms with E-state index >= 15 is 0 Å². The summed E-state index contributed by atoms with van der Waals surface area (Å²) < 4.78 is 4.64. The number of nitrogen functional groups attached to an aromatic ring is 1. The predicted octanol–water partition coefficient (Wildman–Crippen LogP) is 0.559. The van der Waals surface area contributed by atoms with Crippen molar-refractivity contribution in [2.24, 2.45) is 0 Å². The molecular formula is C9H12N2O3. The van der Waals surface area contributed by atoms with Crippen molar-refractivity contribution in [2.75, 3.05) is 24.8 Å². The number of ether oxygens (including phenoxy) is 1. The maximum atomic E-state index is 11.1. The molecule has 0 saturated heterocycles. The summed E-state index contributed by atoms with van der Waals surface area (Å²) in [7, 11) is 1.43. The van der Waals surface area contributed by atoms with Crippen molar-refractivity contribution in [3.8, 4) is 5.75 Å². The van der Waals surface area contributed by atoms with Crippen LogP contribution < -0.4 is 11.1 Å². The van der Waals surface area contributed by atoms with Gasteiger partial charge in [0.25, 0.3) is 0 Å². The highest BCUT2D eigenvalue weighted by Gasteiger charge is 2.04. The molecule has 0 aromatic heterocycles. The lowest BCUT2D eigenvalue weighted by atomic mass is 10.2. The third-order valence-electron chi connectivity index (χ3n) is 1.58. The van der Waals surface area contributed by atoms with Crippen molar-refractivity contribution in [2.45, 2.75) is 0 Å². The molecular weight excluding hydrogens is 184 g/mol. The first-order valence-electron chi connectivity index (χ1n) is 4.00. The van der Waals surface area contributed by atoms with E-state index in [0.717, 1.165) is 0 Å². The number of methoxy groups -OCH3 is 1. The summed E-state index contributed by atoms with van der Waals surface area (Å²) in [5.74, 6) is -0.225. The van der Waals surface area contributed by atoms with E-state index in [9.17, 15) is 4.79 Å². The van der Waals surface area contributed by atoms with Crippen LogP contribution in [-0.4, -0.2) is 24.7 Å². The Morgan fingerprint density at radius 2 is 2.36 bits per heavy atom. The SMILES string of the molecule is COCC(=O)Nc1ccc(O)cc1N. The number of hydrogen-bond donors (Lipinski definition) is 3. The number of aromatic hydroxyl groups is 1. The molecule has 0 atom stereocenters. The molecule has 1 rings (SSSR count). The summed E-state index contributed by atoms with van der Waals surface area (Å²) in [4.78, 5) is 11.1. The fourth-order valence-corrected chi connectivity index (χ4v) is 0.981. The summed E-state index contributed by atoms with van der Waals surface area (Å²) >= 11 is 0. The number of hydrogen-bond acceptors (Lipinski definition) is 4. The summed E-state index contributed by atoms with van der Waals surface area (Å²) in [5.41, 5.74) is 6.33. The van der Waals surface area contributed by atoms with E-state index in [-0.39, 0.29) is 18.3 Å². The van der Waals surface area contributed by atoms with Crippen LogP contribution in [0.2, 0.25) is 0 Å². The number of benzene rings is 1. The molecule has 1 aromatic rings. The number of nitrogens with one attached hydrogen (secondary N) is 1. The molecule has 0 radical (unpaired) electrons. The zero-order valence-corrected chi connectivity index (χ0v) is 7.78. The predicted molar refractivity (Wildman–Crippen MR) is 53.0 cm³/mol. The Bertz CT molecular complexity index is 339. The average Bonchev–Trinajstić information content (AvgIpc) is 2.10. The number of phenolic OH excluding ortho intramolecular Hbond substituents is 1. The van der Waals surface area contributed by atoms with Gasteiger partial charge in [0.2, 0.25) is 5.91 Å². The number of carbonyl (C=O) groups is 1. The van der Waals surface area contributed by atoms with Gasteiger partial charge in [0.15, 0.2) is 0 Å². The Kier molecular flexibility index (Phi) is 3.30. The third-order valence-corrected chi connectivity index (χ3v) is 1.58. The van der Waals surface area contributed by atoms with E-state index in [1.54, 1.807) is 0 Å². The molecule has 0 aliphatic rings. The summed E-state index contributed by atoms with van der Waals surface area (Å²) in [6, 6.07) is 4.33. The number of anilines is 2. The average molecular weight is 196 g/mol. The maximum Gasteiger partial charge on any atom is 0.250 e. The smallest absolute Gasteiger partial charge is 0.250 e. The van der Waals surface area contributed by atoms with Crippen LogP contribution in [0.5, 0.6) is 5.75 Å². The molecule has 5 nitrogen and oxygen atoms in total. The number of rotatable bonds is 3. The maximum absolute atomic E-state index is 11.1. The van der Waals surface area contributed by atoms with Crippen molar-refractivity contribution in [1.82, 2.24) is 0 Å². The van der Waals surface area contributed by atoms with Gasteiger partial charge in [-0.3, -0.25) is 4.79 Å². The monoisotopic (exact) mass is 196 g/mol. The molecule has 1 aromatic carbocycles. The minimum absolute atomic E-state index is 0.0275. The highest BCUT2D eigenvalue weighted by atomic mass is 16.5. The van der Waals surface area contributed by atoms with E-state index < -0.39 is 0 Å². The molecule has 0 heterocycles. The van der Waals surface area contributed by atoms with Gasteiger partial charge in [-0.2, -0.15) is 0 Å². The number of nitrogens with two attached hydrogens (primary N) is 1. The van der Waals surface area contributed by atoms with Crippen molar-refractivity contribution >= 4 is 17.3 Å². The van der Waals surface area contributed by atoms with Crippen molar-refractivity contribution in [1.29, 1.82) is 0 Å². The van der Waals surface area contributed by atoms with E-state index in [1.807, 2.05) is 0 Å². The quantitative estimate of drug-likeness (QED) is 0.487. The summed E-state index contributed by atoms with van der Waals surface area (Å²) in [5, 5.41) is 11.6. The van der Waals surface area contributed by atoms with E-state index in [2.05, 4.69) is 10.1 Å². The highest BCUT2D eigenvalue weighted by molar-refractivity contribution is 5.94. The first-order chi connectivity index (χ1) is 6.63. The van der Waals surface area contributed by atoms with Gasteiger partial charge in [0, 0.05) is 13.2 Å². The Hall–Kier alpha value is -1.75. The van der Waals surface area contributed by atoms with Crippen LogP contribution in [0.3, 0.4) is 0 Å². The molecule has 0 bridgehead atoms. The molecule has 4 N–H and O–H groups in total. The number of phenols is 1. The Balaban J connectivity index is 2.72. The van der Waals surface area contributed by atoms with Gasteiger partial charge >= 0.3 is 0 Å².